The Morgan fingerprint density at radius 3 is 2.56 bits per heavy atom. The molecule has 0 aliphatic rings. The van der Waals surface area contributed by atoms with Crippen molar-refractivity contribution >= 4 is 0 Å². The summed E-state index contributed by atoms with van der Waals surface area (Å²) in [5.74, 6) is 0.919. The molecule has 0 unspecified atom stereocenters. The van der Waals surface area contributed by atoms with Crippen molar-refractivity contribution in [1.82, 2.24) is 0 Å². The van der Waals surface area contributed by atoms with Gasteiger partial charge >= 0.3 is 0 Å². The number of furan rings is 1. The molecule has 1 rings (SSSR count). The van der Waals surface area contributed by atoms with E-state index >= 15 is 0 Å². The standard InChI is InChI=1S/C6H7FO2/c1-4-5(8-2)3-6(7)9-4/h3H,1-2H3. The molecule has 0 saturated carbocycles. The van der Waals surface area contributed by atoms with Crippen molar-refractivity contribution < 1.29 is 13.5 Å². The Balaban J connectivity index is 3.01. The van der Waals surface area contributed by atoms with Gasteiger partial charge in [-0.15, -0.1) is 0 Å². The van der Waals surface area contributed by atoms with Crippen molar-refractivity contribution in [2.75, 3.05) is 7.11 Å². The van der Waals surface area contributed by atoms with Crippen LogP contribution in [0.3, 0.4) is 0 Å². The number of halogens is 1. The van der Waals surface area contributed by atoms with Crippen LogP contribution in [0.2, 0.25) is 0 Å². The zero-order valence-corrected chi connectivity index (χ0v) is 5.27. The van der Waals surface area contributed by atoms with Crippen molar-refractivity contribution in [1.29, 1.82) is 0 Å². The van der Waals surface area contributed by atoms with Crippen molar-refractivity contribution in [2.24, 2.45) is 0 Å². The number of aryl methyl sites for hydroxylation is 1. The van der Waals surface area contributed by atoms with Crippen LogP contribution < -0.4 is 4.74 Å². The van der Waals surface area contributed by atoms with Gasteiger partial charge in [-0.25, -0.2) is 0 Å². The molecular formula is C6H7FO2. The molecule has 0 saturated heterocycles. The first kappa shape index (κ1) is 6.13. The highest BCUT2D eigenvalue weighted by Crippen LogP contribution is 2.20. The lowest BCUT2D eigenvalue weighted by Gasteiger charge is -1.90. The molecule has 0 aliphatic carbocycles. The molecule has 0 fully saturated rings. The van der Waals surface area contributed by atoms with Crippen LogP contribution in [0.5, 0.6) is 5.75 Å². The molecule has 2 nitrogen and oxygen atoms in total. The van der Waals surface area contributed by atoms with E-state index in [0.29, 0.717) is 11.5 Å². The van der Waals surface area contributed by atoms with E-state index in [-0.39, 0.29) is 0 Å². The van der Waals surface area contributed by atoms with Gasteiger partial charge in [0.05, 0.1) is 13.2 Å². The van der Waals surface area contributed by atoms with E-state index in [1.807, 2.05) is 0 Å². The second-order valence-corrected chi connectivity index (χ2v) is 1.68. The monoisotopic (exact) mass is 130 g/mol. The quantitative estimate of drug-likeness (QED) is 0.577. The normalized spacial score (nSPS) is 9.67. The van der Waals surface area contributed by atoms with Gasteiger partial charge in [-0.1, -0.05) is 0 Å². The van der Waals surface area contributed by atoms with Gasteiger partial charge in [0.2, 0.25) is 0 Å². The number of hydrogen-bond donors (Lipinski definition) is 0. The van der Waals surface area contributed by atoms with Gasteiger partial charge in [-0.3, -0.25) is 0 Å². The molecule has 0 spiro atoms. The summed E-state index contributed by atoms with van der Waals surface area (Å²) in [6, 6.07) is 0.597. The Morgan fingerprint density at radius 1 is 1.67 bits per heavy atom. The Kier molecular flexibility index (Phi) is 1.42. The SMILES string of the molecule is COc1cc(F)oc1C. The van der Waals surface area contributed by atoms with Gasteiger partial charge < -0.3 is 9.15 Å². The van der Waals surface area contributed by atoms with Crippen LogP contribution in [0.4, 0.5) is 4.39 Å². The number of ether oxygens (including phenoxy) is 1. The zero-order chi connectivity index (χ0) is 6.85. The minimum atomic E-state index is -0.607. The van der Waals surface area contributed by atoms with E-state index in [1.165, 1.54) is 13.2 Å². The second-order valence-electron chi connectivity index (χ2n) is 1.68. The molecule has 0 amide bonds. The van der Waals surface area contributed by atoms with Crippen molar-refractivity contribution in [3.63, 3.8) is 0 Å². The summed E-state index contributed by atoms with van der Waals surface area (Å²) in [5, 5.41) is 0. The smallest absolute Gasteiger partial charge is 0.281 e. The van der Waals surface area contributed by atoms with Crippen molar-refractivity contribution in [3.05, 3.63) is 17.8 Å². The minimum Gasteiger partial charge on any atom is -0.493 e. The Hall–Kier alpha value is -0.990. The number of hydrogen-bond acceptors (Lipinski definition) is 2. The van der Waals surface area contributed by atoms with Crippen LogP contribution in [0.1, 0.15) is 5.76 Å². The predicted molar refractivity (Wildman–Crippen MR) is 30.0 cm³/mol. The van der Waals surface area contributed by atoms with Gasteiger partial charge in [-0.05, 0) is 6.92 Å². The van der Waals surface area contributed by atoms with Crippen LogP contribution in [0.15, 0.2) is 10.5 Å². The molecule has 0 N–H and O–H groups in total. The van der Waals surface area contributed by atoms with E-state index in [4.69, 9.17) is 4.74 Å². The third-order valence-electron chi connectivity index (χ3n) is 1.06. The predicted octanol–water partition coefficient (Wildman–Crippen LogP) is 1.74. The topological polar surface area (TPSA) is 22.4 Å². The molecule has 0 aliphatic heterocycles. The van der Waals surface area contributed by atoms with Crippen LogP contribution >= 0.6 is 0 Å². The van der Waals surface area contributed by atoms with Crippen LogP contribution in [-0.2, 0) is 0 Å². The van der Waals surface area contributed by atoms with Crippen LogP contribution in [0.25, 0.3) is 0 Å². The van der Waals surface area contributed by atoms with Gasteiger partial charge in [-0.2, -0.15) is 4.39 Å². The maximum absolute atomic E-state index is 12.1. The van der Waals surface area contributed by atoms with E-state index in [0.717, 1.165) is 0 Å². The summed E-state index contributed by atoms with van der Waals surface area (Å²) < 4.78 is 21.4. The second kappa shape index (κ2) is 2.09. The summed E-state index contributed by atoms with van der Waals surface area (Å²) >= 11 is 0. The van der Waals surface area contributed by atoms with Crippen molar-refractivity contribution in [2.45, 2.75) is 6.92 Å². The summed E-state index contributed by atoms with van der Waals surface area (Å²) in [4.78, 5) is 0. The molecule has 0 atom stereocenters. The summed E-state index contributed by atoms with van der Waals surface area (Å²) in [6.45, 7) is 1.64. The molecule has 0 radical (unpaired) electrons. The average molecular weight is 130 g/mol. The first-order valence-electron chi connectivity index (χ1n) is 2.54. The summed E-state index contributed by atoms with van der Waals surface area (Å²) in [7, 11) is 1.47. The first-order chi connectivity index (χ1) is 4.24. The van der Waals surface area contributed by atoms with Crippen LogP contribution in [0, 0.1) is 12.9 Å². The molecule has 1 heterocycles. The molecule has 9 heavy (non-hydrogen) atoms. The maximum Gasteiger partial charge on any atom is 0.281 e. The van der Waals surface area contributed by atoms with Gasteiger partial charge in [0, 0.05) is 0 Å². The highest BCUT2D eigenvalue weighted by atomic mass is 19.1. The lowest BCUT2D eigenvalue weighted by molar-refractivity contribution is 0.338. The Labute approximate surface area is 52.2 Å². The fourth-order valence-electron chi connectivity index (χ4n) is 0.633. The lowest BCUT2D eigenvalue weighted by Crippen LogP contribution is -1.79. The molecule has 0 aromatic carbocycles. The van der Waals surface area contributed by atoms with Gasteiger partial charge in [0.15, 0.2) is 5.75 Å². The Morgan fingerprint density at radius 2 is 2.33 bits per heavy atom. The maximum atomic E-state index is 12.1. The molecule has 1 aromatic heterocycles. The minimum absolute atomic E-state index is 0.451. The van der Waals surface area contributed by atoms with Crippen molar-refractivity contribution in [3.8, 4) is 5.75 Å². The average Bonchev–Trinajstić information content (AvgIpc) is 2.10. The lowest BCUT2D eigenvalue weighted by atomic mass is 10.4. The first-order valence-corrected chi connectivity index (χ1v) is 2.54. The highest BCUT2D eigenvalue weighted by molar-refractivity contribution is 5.23. The summed E-state index contributed by atoms with van der Waals surface area (Å²) in [5.41, 5.74) is 0. The number of rotatable bonds is 1. The van der Waals surface area contributed by atoms with Gasteiger partial charge in [0.1, 0.15) is 5.76 Å². The summed E-state index contributed by atoms with van der Waals surface area (Å²) in [6.07, 6.45) is 0. The number of methoxy groups -OCH3 is 1. The largest absolute Gasteiger partial charge is 0.493 e. The van der Waals surface area contributed by atoms with Gasteiger partial charge in [0.25, 0.3) is 6.01 Å². The highest BCUT2D eigenvalue weighted by Gasteiger charge is 2.04. The molecule has 3 heteroatoms. The third-order valence-corrected chi connectivity index (χ3v) is 1.06. The van der Waals surface area contributed by atoms with E-state index < -0.39 is 6.01 Å². The van der Waals surface area contributed by atoms with Crippen LogP contribution in [-0.4, -0.2) is 7.11 Å². The Bertz CT molecular complexity index is 205. The molecule has 1 aromatic rings. The fourth-order valence-corrected chi connectivity index (χ4v) is 0.633. The molecule has 0 bridgehead atoms. The van der Waals surface area contributed by atoms with E-state index in [1.54, 1.807) is 6.92 Å². The third kappa shape index (κ3) is 1.04. The zero-order valence-electron chi connectivity index (χ0n) is 5.27. The molecular weight excluding hydrogens is 123 g/mol. The van der Waals surface area contributed by atoms with E-state index in [9.17, 15) is 4.39 Å². The fraction of sp³-hybridized carbons (Fsp3) is 0.333. The van der Waals surface area contributed by atoms with E-state index in [2.05, 4.69) is 4.42 Å². The molecule has 50 valence electrons.